The van der Waals surface area contributed by atoms with E-state index in [1.165, 1.54) is 12.5 Å². The number of aromatic amines is 1. The summed E-state index contributed by atoms with van der Waals surface area (Å²) in [6.45, 7) is -0.857. The summed E-state index contributed by atoms with van der Waals surface area (Å²) >= 11 is 0. The van der Waals surface area contributed by atoms with Gasteiger partial charge in [0.05, 0.1) is 25.4 Å². The van der Waals surface area contributed by atoms with Crippen molar-refractivity contribution in [1.29, 1.82) is 0 Å². The second-order valence-corrected chi connectivity index (χ2v) is 7.64. The first-order valence-electron chi connectivity index (χ1n) is 10.7. The van der Waals surface area contributed by atoms with Crippen molar-refractivity contribution in [3.63, 3.8) is 0 Å². The number of carboxylic acid groups (broad SMARTS) is 2. The van der Waals surface area contributed by atoms with Crippen molar-refractivity contribution in [3.05, 3.63) is 18.2 Å². The van der Waals surface area contributed by atoms with Crippen LogP contribution in [0.2, 0.25) is 0 Å². The molecule has 0 aromatic carbocycles. The number of imidazole rings is 1. The second-order valence-electron chi connectivity index (χ2n) is 7.64. The van der Waals surface area contributed by atoms with Crippen LogP contribution >= 0.6 is 0 Å². The zero-order chi connectivity index (χ0) is 27.3. The van der Waals surface area contributed by atoms with Gasteiger partial charge < -0.3 is 53.5 Å². The SMILES string of the molecule is NC(N)=NCCCC(NC(=O)C(N)Cc1cnc[nH]1)C(=O)NC(CC(=O)O)C(=O)NC(CO)C(=O)O. The number of aliphatic hydroxyl groups is 1. The molecule has 17 nitrogen and oxygen atoms in total. The van der Waals surface area contributed by atoms with Crippen LogP contribution in [0, 0.1) is 0 Å². The van der Waals surface area contributed by atoms with Gasteiger partial charge in [-0.25, -0.2) is 9.78 Å². The molecule has 3 amide bonds. The molecule has 13 N–H and O–H groups in total. The number of rotatable bonds is 16. The molecule has 1 heterocycles. The Kier molecular flexibility index (Phi) is 12.3. The van der Waals surface area contributed by atoms with Gasteiger partial charge in [0, 0.05) is 24.9 Å². The zero-order valence-electron chi connectivity index (χ0n) is 19.2. The summed E-state index contributed by atoms with van der Waals surface area (Å²) in [4.78, 5) is 70.6. The number of H-pyrrole nitrogens is 1. The summed E-state index contributed by atoms with van der Waals surface area (Å²) in [6, 6.07) is -5.77. The van der Waals surface area contributed by atoms with E-state index in [1.54, 1.807) is 0 Å². The number of aliphatic imine (C=N–C) groups is 1. The molecule has 4 atom stereocenters. The minimum Gasteiger partial charge on any atom is -0.481 e. The minimum atomic E-state index is -1.72. The van der Waals surface area contributed by atoms with Crippen LogP contribution in [0.3, 0.4) is 0 Å². The molecular weight excluding hydrogens is 482 g/mol. The van der Waals surface area contributed by atoms with Crippen LogP contribution in [0.4, 0.5) is 0 Å². The summed E-state index contributed by atoms with van der Waals surface area (Å²) in [7, 11) is 0. The third-order valence-electron chi connectivity index (χ3n) is 4.72. The highest BCUT2D eigenvalue weighted by molar-refractivity contribution is 5.95. The van der Waals surface area contributed by atoms with Crippen LogP contribution < -0.4 is 33.2 Å². The highest BCUT2D eigenvalue weighted by Crippen LogP contribution is 2.04. The first kappa shape index (κ1) is 29.8. The molecule has 0 spiro atoms. The Morgan fingerprint density at radius 2 is 1.61 bits per heavy atom. The number of carbonyl (C=O) groups excluding carboxylic acids is 3. The van der Waals surface area contributed by atoms with Gasteiger partial charge in [0.1, 0.15) is 18.1 Å². The molecule has 0 bridgehead atoms. The molecule has 1 rings (SSSR count). The van der Waals surface area contributed by atoms with Gasteiger partial charge in [0.15, 0.2) is 5.96 Å². The number of hydrogen-bond donors (Lipinski definition) is 10. The lowest BCUT2D eigenvalue weighted by Gasteiger charge is -2.24. The van der Waals surface area contributed by atoms with E-state index in [0.717, 1.165) is 0 Å². The van der Waals surface area contributed by atoms with Crippen LogP contribution in [0.25, 0.3) is 0 Å². The fraction of sp³-hybridized carbons (Fsp3) is 0.526. The van der Waals surface area contributed by atoms with Crippen molar-refractivity contribution in [2.24, 2.45) is 22.2 Å². The maximum absolute atomic E-state index is 12.9. The molecule has 4 unspecified atom stereocenters. The number of aliphatic hydroxyl groups excluding tert-OH is 1. The van der Waals surface area contributed by atoms with Crippen molar-refractivity contribution >= 4 is 35.6 Å². The fourth-order valence-electron chi connectivity index (χ4n) is 2.89. The molecule has 0 aliphatic carbocycles. The smallest absolute Gasteiger partial charge is 0.328 e. The largest absolute Gasteiger partial charge is 0.481 e. The first-order valence-corrected chi connectivity index (χ1v) is 10.7. The lowest BCUT2D eigenvalue weighted by Crippen LogP contribution is -2.58. The quantitative estimate of drug-likeness (QED) is 0.0566. The number of amides is 3. The molecule has 200 valence electrons. The Morgan fingerprint density at radius 1 is 1.00 bits per heavy atom. The lowest BCUT2D eigenvalue weighted by molar-refractivity contribution is -0.144. The Balaban J connectivity index is 2.98. The van der Waals surface area contributed by atoms with E-state index in [0.29, 0.717) is 5.69 Å². The summed E-state index contributed by atoms with van der Waals surface area (Å²) in [5, 5.41) is 33.8. The second kappa shape index (κ2) is 14.9. The van der Waals surface area contributed by atoms with Gasteiger partial charge in [0.2, 0.25) is 17.7 Å². The van der Waals surface area contributed by atoms with E-state index in [-0.39, 0.29) is 31.8 Å². The van der Waals surface area contributed by atoms with Crippen LogP contribution in [0.1, 0.15) is 25.0 Å². The number of nitrogens with two attached hydrogens (primary N) is 3. The van der Waals surface area contributed by atoms with Crippen LogP contribution in [-0.2, 0) is 30.4 Å². The third kappa shape index (κ3) is 10.8. The summed E-state index contributed by atoms with van der Waals surface area (Å²) in [6.07, 6.45) is 2.26. The molecule has 0 saturated carbocycles. The van der Waals surface area contributed by atoms with Crippen LogP contribution in [-0.4, -0.2) is 98.2 Å². The summed E-state index contributed by atoms with van der Waals surface area (Å²) < 4.78 is 0. The van der Waals surface area contributed by atoms with E-state index in [2.05, 4.69) is 25.6 Å². The molecule has 0 aliphatic heterocycles. The van der Waals surface area contributed by atoms with Crippen molar-refractivity contribution in [1.82, 2.24) is 25.9 Å². The van der Waals surface area contributed by atoms with Crippen molar-refractivity contribution < 1.29 is 39.3 Å². The van der Waals surface area contributed by atoms with Gasteiger partial charge in [-0.1, -0.05) is 0 Å². The topological polar surface area (TPSA) is 301 Å². The molecule has 1 aromatic rings. The zero-order valence-corrected chi connectivity index (χ0v) is 19.2. The van der Waals surface area contributed by atoms with E-state index >= 15 is 0 Å². The van der Waals surface area contributed by atoms with E-state index < -0.39 is 66.9 Å². The van der Waals surface area contributed by atoms with Gasteiger partial charge >= 0.3 is 11.9 Å². The Labute approximate surface area is 204 Å². The minimum absolute atomic E-state index is 0.0130. The third-order valence-corrected chi connectivity index (χ3v) is 4.72. The van der Waals surface area contributed by atoms with Gasteiger partial charge in [-0.05, 0) is 12.8 Å². The molecule has 1 aromatic heterocycles. The van der Waals surface area contributed by atoms with Crippen LogP contribution in [0.5, 0.6) is 0 Å². The Hall–Kier alpha value is -4.25. The molecule has 17 heteroatoms. The number of carbonyl (C=O) groups is 5. The summed E-state index contributed by atoms with van der Waals surface area (Å²) in [5.41, 5.74) is 17.0. The molecule has 36 heavy (non-hydrogen) atoms. The highest BCUT2D eigenvalue weighted by Gasteiger charge is 2.31. The molecule has 0 radical (unpaired) electrons. The maximum atomic E-state index is 12.9. The van der Waals surface area contributed by atoms with Gasteiger partial charge in [-0.15, -0.1) is 0 Å². The van der Waals surface area contributed by atoms with Crippen molar-refractivity contribution in [2.75, 3.05) is 13.2 Å². The molecule has 0 fully saturated rings. The maximum Gasteiger partial charge on any atom is 0.328 e. The monoisotopic (exact) mass is 513 g/mol. The predicted octanol–water partition coefficient (Wildman–Crippen LogP) is -4.66. The van der Waals surface area contributed by atoms with Gasteiger partial charge in [0.25, 0.3) is 0 Å². The highest BCUT2D eigenvalue weighted by atomic mass is 16.4. The molecule has 0 saturated heterocycles. The standard InChI is InChI=1S/C19H31N9O8/c20-10(4-9-6-23-8-25-9)15(32)26-11(2-1-3-24-19(21)22)16(33)27-12(5-14(30)31)17(34)28-13(7-29)18(35)36/h6,8,10-13,29H,1-5,7,20H2,(H,23,25)(H,26,32)(H,27,33)(H,28,34)(H,30,31)(H,35,36)(H4,21,22,24). The number of nitrogens with one attached hydrogen (secondary N) is 4. The number of carboxylic acids is 2. The van der Waals surface area contributed by atoms with Gasteiger partial charge in [-0.3, -0.25) is 24.2 Å². The number of aromatic nitrogens is 2. The van der Waals surface area contributed by atoms with E-state index in [1.807, 2.05) is 5.32 Å². The fourth-order valence-corrected chi connectivity index (χ4v) is 2.89. The number of hydrogen-bond acceptors (Lipinski definition) is 9. The number of guanidine groups is 1. The average Bonchev–Trinajstić information content (AvgIpc) is 3.30. The predicted molar refractivity (Wildman–Crippen MR) is 123 cm³/mol. The normalized spacial score (nSPS) is 13.9. The lowest BCUT2D eigenvalue weighted by atomic mass is 10.1. The number of nitrogens with zero attached hydrogens (tertiary/aromatic N) is 2. The van der Waals surface area contributed by atoms with Crippen molar-refractivity contribution in [3.8, 4) is 0 Å². The van der Waals surface area contributed by atoms with E-state index in [9.17, 15) is 24.0 Å². The molecular formula is C19H31N9O8. The first-order chi connectivity index (χ1) is 16.9. The van der Waals surface area contributed by atoms with E-state index in [4.69, 9.17) is 32.5 Å². The average molecular weight is 514 g/mol. The molecule has 0 aliphatic rings. The Morgan fingerprint density at radius 3 is 2.14 bits per heavy atom. The number of aliphatic carboxylic acids is 2. The van der Waals surface area contributed by atoms with Gasteiger partial charge in [-0.2, -0.15) is 0 Å². The van der Waals surface area contributed by atoms with Crippen LogP contribution in [0.15, 0.2) is 17.5 Å². The summed E-state index contributed by atoms with van der Waals surface area (Å²) in [5.74, 6) is -6.02. The van der Waals surface area contributed by atoms with Crippen molar-refractivity contribution in [2.45, 2.75) is 49.9 Å². The Bertz CT molecular complexity index is 933.